The summed E-state index contributed by atoms with van der Waals surface area (Å²) in [6.45, 7) is 1.71. The van der Waals surface area contributed by atoms with Crippen LogP contribution in [-0.2, 0) is 9.53 Å². The zero-order valence-electron chi connectivity index (χ0n) is 17.9. The Bertz CT molecular complexity index is 307. The maximum absolute atomic E-state index is 11.5. The van der Waals surface area contributed by atoms with E-state index in [1.807, 2.05) is 0 Å². The molecule has 0 spiro atoms. The molecule has 0 bridgehead atoms. The highest BCUT2D eigenvalue weighted by Gasteiger charge is 2.06. The van der Waals surface area contributed by atoms with Crippen LogP contribution in [0.4, 0.5) is 0 Å². The molecule has 0 aliphatic carbocycles. The lowest BCUT2D eigenvalue weighted by atomic mass is 10.0. The van der Waals surface area contributed by atoms with Crippen LogP contribution in [0.15, 0.2) is 0 Å². The van der Waals surface area contributed by atoms with E-state index < -0.39 is 12.9 Å². The molecule has 0 rings (SSSR count). The molecule has 0 saturated heterocycles. The summed E-state index contributed by atoms with van der Waals surface area (Å²) in [6, 6.07) is 0. The van der Waals surface area contributed by atoms with Gasteiger partial charge in [-0.2, -0.15) is 0 Å². The summed E-state index contributed by atoms with van der Waals surface area (Å²) in [5, 5.41) is 17.6. The first-order chi connectivity index (χ1) is 13.2. The topological polar surface area (TPSA) is 66.8 Å². The molecular formula is C23H46O4. The average Bonchev–Trinajstić information content (AvgIpc) is 2.68. The molecule has 0 aliphatic rings. The number of hydrogen-bond acceptors (Lipinski definition) is 4. The van der Waals surface area contributed by atoms with Gasteiger partial charge in [0.2, 0.25) is 0 Å². The molecule has 0 aliphatic heterocycles. The van der Waals surface area contributed by atoms with Gasteiger partial charge >= 0.3 is 0 Å². The van der Waals surface area contributed by atoms with Crippen molar-refractivity contribution < 1.29 is 19.7 Å². The van der Waals surface area contributed by atoms with Gasteiger partial charge in [-0.3, -0.25) is 4.79 Å². The molecule has 4 heteroatoms. The number of carbonyl (C=O) groups excluding carboxylic acids is 1. The maximum Gasteiger partial charge on any atom is 0.178 e. The van der Waals surface area contributed by atoms with Crippen molar-refractivity contribution in [2.45, 2.75) is 129 Å². The van der Waals surface area contributed by atoms with Crippen LogP contribution in [-0.4, -0.2) is 35.5 Å². The fourth-order valence-electron chi connectivity index (χ4n) is 3.36. The minimum atomic E-state index is -1.23. The minimum Gasteiger partial charge on any atom is -0.391 e. The number of ether oxygens (including phenoxy) is 1. The zero-order valence-corrected chi connectivity index (χ0v) is 17.9. The van der Waals surface area contributed by atoms with E-state index in [-0.39, 0.29) is 12.4 Å². The van der Waals surface area contributed by atoms with Crippen LogP contribution in [0.25, 0.3) is 0 Å². The zero-order chi connectivity index (χ0) is 20.0. The van der Waals surface area contributed by atoms with Crippen molar-refractivity contribution in [1.29, 1.82) is 0 Å². The molecule has 0 aromatic heterocycles. The molecule has 2 N–H and O–H groups in total. The van der Waals surface area contributed by atoms with Crippen LogP contribution in [0.2, 0.25) is 0 Å². The smallest absolute Gasteiger partial charge is 0.178 e. The van der Waals surface area contributed by atoms with Gasteiger partial charge in [-0.15, -0.1) is 0 Å². The molecule has 0 unspecified atom stereocenters. The summed E-state index contributed by atoms with van der Waals surface area (Å²) in [4.78, 5) is 11.5. The summed E-state index contributed by atoms with van der Waals surface area (Å²) in [5.41, 5.74) is 0. The van der Waals surface area contributed by atoms with E-state index in [0.29, 0.717) is 6.42 Å². The van der Waals surface area contributed by atoms with Crippen LogP contribution in [0.3, 0.4) is 0 Å². The molecule has 0 aromatic rings. The number of aliphatic hydroxyl groups excluding tert-OH is 2. The van der Waals surface area contributed by atoms with Crippen molar-refractivity contribution in [2.24, 2.45) is 0 Å². The fraction of sp³-hybridized carbons (Fsp3) is 0.957. The predicted octanol–water partition coefficient (Wildman–Crippen LogP) is 5.92. The second kappa shape index (κ2) is 21.8. The van der Waals surface area contributed by atoms with Crippen molar-refractivity contribution in [3.05, 3.63) is 0 Å². The van der Waals surface area contributed by atoms with Crippen LogP contribution in [0.1, 0.15) is 122 Å². The Kier molecular flexibility index (Phi) is 21.5. The van der Waals surface area contributed by atoms with Crippen molar-refractivity contribution >= 4 is 5.78 Å². The van der Waals surface area contributed by atoms with Gasteiger partial charge in [0.1, 0.15) is 6.61 Å². The van der Waals surface area contributed by atoms with E-state index in [1.54, 1.807) is 0 Å². The van der Waals surface area contributed by atoms with Gasteiger partial charge in [0.25, 0.3) is 0 Å². The SMILES string of the molecule is CCCCCCCCCCCCCCCCCCCC(=O)CO[C@H](O)CO. The third kappa shape index (κ3) is 21.7. The Morgan fingerprint density at radius 3 is 1.44 bits per heavy atom. The highest BCUT2D eigenvalue weighted by atomic mass is 16.6. The largest absolute Gasteiger partial charge is 0.391 e. The quantitative estimate of drug-likeness (QED) is 0.179. The van der Waals surface area contributed by atoms with E-state index in [9.17, 15) is 4.79 Å². The second-order valence-electron chi connectivity index (χ2n) is 7.89. The van der Waals surface area contributed by atoms with Gasteiger partial charge in [-0.1, -0.05) is 110 Å². The molecule has 162 valence electrons. The number of carbonyl (C=O) groups is 1. The lowest BCUT2D eigenvalue weighted by Gasteiger charge is -2.07. The van der Waals surface area contributed by atoms with Gasteiger partial charge in [-0.05, 0) is 6.42 Å². The number of Topliss-reactive ketones (excluding diaryl/α,β-unsaturated/α-hetero) is 1. The normalized spacial score (nSPS) is 12.4. The molecule has 0 fully saturated rings. The monoisotopic (exact) mass is 386 g/mol. The lowest BCUT2D eigenvalue weighted by Crippen LogP contribution is -2.21. The summed E-state index contributed by atoms with van der Waals surface area (Å²) in [7, 11) is 0. The number of hydrogen-bond donors (Lipinski definition) is 2. The van der Waals surface area contributed by atoms with Crippen LogP contribution in [0, 0.1) is 0 Å². The third-order valence-corrected chi connectivity index (χ3v) is 5.15. The van der Waals surface area contributed by atoms with Crippen molar-refractivity contribution in [1.82, 2.24) is 0 Å². The molecule has 0 radical (unpaired) electrons. The van der Waals surface area contributed by atoms with Crippen LogP contribution < -0.4 is 0 Å². The Labute approximate surface area is 168 Å². The Balaban J connectivity index is 3.11. The van der Waals surface area contributed by atoms with E-state index in [2.05, 4.69) is 6.92 Å². The molecular weight excluding hydrogens is 340 g/mol. The first-order valence-corrected chi connectivity index (χ1v) is 11.6. The molecule has 0 saturated carbocycles. The molecule has 4 nitrogen and oxygen atoms in total. The third-order valence-electron chi connectivity index (χ3n) is 5.15. The maximum atomic E-state index is 11.5. The molecule has 0 heterocycles. The average molecular weight is 387 g/mol. The molecule has 0 amide bonds. The van der Waals surface area contributed by atoms with Crippen molar-refractivity contribution in [2.75, 3.05) is 13.2 Å². The number of rotatable bonds is 22. The summed E-state index contributed by atoms with van der Waals surface area (Å²) < 4.78 is 4.79. The predicted molar refractivity (Wildman–Crippen MR) is 113 cm³/mol. The van der Waals surface area contributed by atoms with Crippen molar-refractivity contribution in [3.63, 3.8) is 0 Å². The highest BCUT2D eigenvalue weighted by Crippen LogP contribution is 2.14. The van der Waals surface area contributed by atoms with Crippen LogP contribution >= 0.6 is 0 Å². The molecule has 27 heavy (non-hydrogen) atoms. The summed E-state index contributed by atoms with van der Waals surface area (Å²) in [6.07, 6.45) is 21.9. The van der Waals surface area contributed by atoms with Gasteiger partial charge < -0.3 is 14.9 Å². The standard InChI is InChI=1S/C23H46O4/c1-2-3-4-5-6-7-8-9-10-11-12-13-14-15-16-17-18-19-22(25)21-27-23(26)20-24/h23-24,26H,2-21H2,1H3/t23-/m0/s1. The Morgan fingerprint density at radius 2 is 1.07 bits per heavy atom. The molecule has 0 aromatic carbocycles. The Morgan fingerprint density at radius 1 is 0.704 bits per heavy atom. The van der Waals surface area contributed by atoms with E-state index in [0.717, 1.165) is 12.8 Å². The van der Waals surface area contributed by atoms with E-state index >= 15 is 0 Å². The van der Waals surface area contributed by atoms with Crippen LogP contribution in [0.5, 0.6) is 0 Å². The molecule has 1 atom stereocenters. The van der Waals surface area contributed by atoms with Gasteiger partial charge in [0.05, 0.1) is 6.61 Å². The summed E-state index contributed by atoms with van der Waals surface area (Å²) >= 11 is 0. The fourth-order valence-corrected chi connectivity index (χ4v) is 3.36. The summed E-state index contributed by atoms with van der Waals surface area (Å²) in [5.74, 6) is 0.00320. The first kappa shape index (κ1) is 26.6. The number of ketones is 1. The van der Waals surface area contributed by atoms with Gasteiger partial charge in [0.15, 0.2) is 12.1 Å². The highest BCUT2D eigenvalue weighted by molar-refractivity contribution is 5.79. The number of aliphatic hydroxyl groups is 2. The minimum absolute atomic E-state index is 0.00320. The lowest BCUT2D eigenvalue weighted by molar-refractivity contribution is -0.147. The first-order valence-electron chi connectivity index (χ1n) is 11.6. The van der Waals surface area contributed by atoms with Gasteiger partial charge in [0, 0.05) is 6.42 Å². The van der Waals surface area contributed by atoms with Gasteiger partial charge in [-0.25, -0.2) is 0 Å². The second-order valence-corrected chi connectivity index (χ2v) is 7.89. The van der Waals surface area contributed by atoms with Crippen molar-refractivity contribution in [3.8, 4) is 0 Å². The Hall–Kier alpha value is -0.450. The van der Waals surface area contributed by atoms with E-state index in [4.69, 9.17) is 14.9 Å². The van der Waals surface area contributed by atoms with E-state index in [1.165, 1.54) is 96.3 Å². The number of unbranched alkanes of at least 4 members (excludes halogenated alkanes) is 16.